The van der Waals surface area contributed by atoms with Crippen molar-refractivity contribution < 1.29 is 9.47 Å². The van der Waals surface area contributed by atoms with E-state index in [9.17, 15) is 0 Å². The van der Waals surface area contributed by atoms with E-state index in [2.05, 4.69) is 42.2 Å². The van der Waals surface area contributed by atoms with Crippen LogP contribution < -0.4 is 9.47 Å². The highest BCUT2D eigenvalue weighted by Gasteiger charge is 2.11. The normalized spacial score (nSPS) is 11.4. The molecule has 0 amide bonds. The summed E-state index contributed by atoms with van der Waals surface area (Å²) in [5, 5.41) is 3.46. The lowest BCUT2D eigenvalue weighted by molar-refractivity contribution is 0.263. The molecule has 2 heterocycles. The number of likely N-dealkylation sites (N-methyl/N-ethyl adjacent to an activating group) is 1. The van der Waals surface area contributed by atoms with E-state index in [1.54, 1.807) is 7.11 Å². The largest absolute Gasteiger partial charge is 0.497 e. The average molecular weight is 430 g/mol. The first-order valence-corrected chi connectivity index (χ1v) is 11.2. The van der Waals surface area contributed by atoms with Crippen LogP contribution in [0.4, 0.5) is 0 Å². The fraction of sp³-hybridized carbons (Fsp3) is 0.333. The Morgan fingerprint density at radius 2 is 1.88 bits per heavy atom. The van der Waals surface area contributed by atoms with Gasteiger partial charge in [-0.05, 0) is 55.7 Å². The Hall–Kier alpha value is -3.18. The van der Waals surface area contributed by atoms with Gasteiger partial charge in [-0.1, -0.05) is 37.6 Å². The number of nitrogens with zero attached hydrogens (tertiary/aromatic N) is 3. The number of hydrogen-bond acceptors (Lipinski definition) is 5. The third-order valence-corrected chi connectivity index (χ3v) is 5.66. The second kappa shape index (κ2) is 9.96. The van der Waals surface area contributed by atoms with E-state index in [1.165, 1.54) is 10.9 Å². The zero-order valence-electron chi connectivity index (χ0n) is 19.4. The average Bonchev–Trinajstić information content (AvgIpc) is 2.80. The minimum absolute atomic E-state index is 0.632. The molecule has 0 bridgehead atoms. The molecule has 32 heavy (non-hydrogen) atoms. The van der Waals surface area contributed by atoms with Crippen molar-refractivity contribution >= 4 is 21.7 Å². The maximum absolute atomic E-state index is 6.04. The van der Waals surface area contributed by atoms with Crippen molar-refractivity contribution in [3.05, 3.63) is 71.7 Å². The van der Waals surface area contributed by atoms with Crippen molar-refractivity contribution in [1.82, 2.24) is 14.9 Å². The summed E-state index contributed by atoms with van der Waals surface area (Å²) >= 11 is 0. The molecule has 5 heteroatoms. The Kier molecular flexibility index (Phi) is 6.86. The van der Waals surface area contributed by atoms with Gasteiger partial charge in [-0.15, -0.1) is 0 Å². The topological polar surface area (TPSA) is 47.5 Å². The van der Waals surface area contributed by atoms with Crippen LogP contribution in [-0.4, -0.2) is 49.2 Å². The van der Waals surface area contributed by atoms with Gasteiger partial charge in [0.1, 0.15) is 23.6 Å². The molecule has 4 aromatic rings. The summed E-state index contributed by atoms with van der Waals surface area (Å²) in [5.74, 6) is 1.69. The summed E-state index contributed by atoms with van der Waals surface area (Å²) in [5.41, 5.74) is 4.20. The first-order chi connectivity index (χ1) is 15.6. The van der Waals surface area contributed by atoms with Gasteiger partial charge in [0, 0.05) is 41.3 Å². The molecule has 0 saturated carbocycles. The van der Waals surface area contributed by atoms with Gasteiger partial charge in [0.2, 0.25) is 0 Å². The highest BCUT2D eigenvalue weighted by atomic mass is 16.5. The molecule has 2 aromatic heterocycles. The predicted molar refractivity (Wildman–Crippen MR) is 131 cm³/mol. The van der Waals surface area contributed by atoms with Gasteiger partial charge >= 0.3 is 0 Å². The second-order valence-corrected chi connectivity index (χ2v) is 8.35. The lowest BCUT2D eigenvalue weighted by Crippen LogP contribution is -2.19. The molecular formula is C27H31N3O2. The van der Waals surface area contributed by atoms with E-state index < -0.39 is 0 Å². The quantitative estimate of drug-likeness (QED) is 0.362. The number of aromatic nitrogens is 2. The predicted octanol–water partition coefficient (Wildman–Crippen LogP) is 5.28. The number of rotatable bonds is 9. The van der Waals surface area contributed by atoms with Crippen molar-refractivity contribution in [2.45, 2.75) is 26.2 Å². The van der Waals surface area contributed by atoms with E-state index in [4.69, 9.17) is 19.4 Å². The number of para-hydroxylation sites is 1. The number of ether oxygens (including phenoxy) is 2. The summed E-state index contributed by atoms with van der Waals surface area (Å²) in [6.07, 6.45) is 4.72. The van der Waals surface area contributed by atoms with E-state index in [0.29, 0.717) is 13.0 Å². The molecule has 2 aromatic carbocycles. The summed E-state index contributed by atoms with van der Waals surface area (Å²) in [6.45, 7) is 3.67. The lowest BCUT2D eigenvalue weighted by atomic mass is 9.99. The molecule has 5 nitrogen and oxygen atoms in total. The van der Waals surface area contributed by atoms with Gasteiger partial charge in [0.15, 0.2) is 0 Å². The molecule has 0 spiro atoms. The van der Waals surface area contributed by atoms with Gasteiger partial charge in [-0.3, -0.25) is 4.98 Å². The van der Waals surface area contributed by atoms with Crippen molar-refractivity contribution in [2.75, 3.05) is 34.4 Å². The van der Waals surface area contributed by atoms with Crippen LogP contribution in [0, 0.1) is 0 Å². The minimum atomic E-state index is 0.632. The van der Waals surface area contributed by atoms with Crippen LogP contribution in [0.1, 0.15) is 30.3 Å². The highest BCUT2D eigenvalue weighted by molar-refractivity contribution is 5.89. The molecule has 0 aliphatic heterocycles. The number of methoxy groups -OCH3 is 1. The van der Waals surface area contributed by atoms with Crippen LogP contribution in [-0.2, 0) is 12.8 Å². The molecule has 4 rings (SSSR count). The zero-order valence-corrected chi connectivity index (χ0v) is 19.4. The molecule has 0 N–H and O–H groups in total. The number of fused-ring (bicyclic) bond motifs is 2. The third-order valence-electron chi connectivity index (χ3n) is 5.66. The summed E-state index contributed by atoms with van der Waals surface area (Å²) < 4.78 is 11.5. The molecule has 0 unspecified atom stereocenters. The SMILES string of the molecule is CCCc1ncc(Cc2ccc3cccc(OCCN(C)C)c3n2)c2ccc(OC)cc12. The number of hydrogen-bond donors (Lipinski definition) is 0. The van der Waals surface area contributed by atoms with Gasteiger partial charge in [-0.25, -0.2) is 4.98 Å². The first kappa shape index (κ1) is 22.0. The monoisotopic (exact) mass is 429 g/mol. The van der Waals surface area contributed by atoms with E-state index in [0.717, 1.165) is 58.6 Å². The molecule has 0 aliphatic rings. The zero-order chi connectivity index (χ0) is 22.5. The first-order valence-electron chi connectivity index (χ1n) is 11.2. The molecule has 0 saturated heterocycles. The summed E-state index contributed by atoms with van der Waals surface area (Å²) in [7, 11) is 5.79. The van der Waals surface area contributed by atoms with Crippen molar-refractivity contribution in [2.24, 2.45) is 0 Å². The van der Waals surface area contributed by atoms with Crippen molar-refractivity contribution in [1.29, 1.82) is 0 Å². The van der Waals surface area contributed by atoms with Crippen LogP contribution in [0.5, 0.6) is 11.5 Å². The van der Waals surface area contributed by atoms with Crippen LogP contribution in [0.15, 0.2) is 54.7 Å². The van der Waals surface area contributed by atoms with E-state index in [-0.39, 0.29) is 0 Å². The minimum Gasteiger partial charge on any atom is -0.497 e. The Labute approximate surface area is 190 Å². The summed E-state index contributed by atoms with van der Waals surface area (Å²) in [4.78, 5) is 11.9. The second-order valence-electron chi connectivity index (χ2n) is 8.35. The number of benzene rings is 2. The molecule has 0 radical (unpaired) electrons. The van der Waals surface area contributed by atoms with Gasteiger partial charge < -0.3 is 14.4 Å². The van der Waals surface area contributed by atoms with Crippen molar-refractivity contribution in [3.8, 4) is 11.5 Å². The Bertz CT molecular complexity index is 1220. The standard InChI is InChI=1S/C27H31N3O2/c1-5-7-25-24-17-22(31-4)12-13-23(24)20(18-28-25)16-21-11-10-19-8-6-9-26(27(19)29-21)32-15-14-30(2)3/h6,8-13,17-18H,5,7,14-16H2,1-4H3. The van der Waals surface area contributed by atoms with Gasteiger partial charge in [-0.2, -0.15) is 0 Å². The van der Waals surface area contributed by atoms with Gasteiger partial charge in [0.05, 0.1) is 7.11 Å². The molecule has 0 aliphatic carbocycles. The van der Waals surface area contributed by atoms with Crippen LogP contribution >= 0.6 is 0 Å². The van der Waals surface area contributed by atoms with E-state index in [1.807, 2.05) is 38.5 Å². The highest BCUT2D eigenvalue weighted by Crippen LogP contribution is 2.29. The van der Waals surface area contributed by atoms with Crippen molar-refractivity contribution in [3.63, 3.8) is 0 Å². The lowest BCUT2D eigenvalue weighted by Gasteiger charge is -2.14. The molecule has 0 atom stereocenters. The van der Waals surface area contributed by atoms with E-state index >= 15 is 0 Å². The van der Waals surface area contributed by atoms with Crippen LogP contribution in [0.25, 0.3) is 21.7 Å². The Balaban J connectivity index is 1.69. The molecule has 166 valence electrons. The van der Waals surface area contributed by atoms with Gasteiger partial charge in [0.25, 0.3) is 0 Å². The Morgan fingerprint density at radius 3 is 2.66 bits per heavy atom. The maximum Gasteiger partial charge on any atom is 0.145 e. The fourth-order valence-corrected chi connectivity index (χ4v) is 3.95. The Morgan fingerprint density at radius 1 is 1.00 bits per heavy atom. The smallest absolute Gasteiger partial charge is 0.145 e. The van der Waals surface area contributed by atoms with Crippen LogP contribution in [0.2, 0.25) is 0 Å². The number of aryl methyl sites for hydroxylation is 1. The summed E-state index contributed by atoms with van der Waals surface area (Å²) in [6, 6.07) is 16.6. The third kappa shape index (κ3) is 4.83. The number of pyridine rings is 2. The molecular weight excluding hydrogens is 398 g/mol. The molecule has 0 fully saturated rings. The maximum atomic E-state index is 6.04. The fourth-order valence-electron chi connectivity index (χ4n) is 3.95. The van der Waals surface area contributed by atoms with Crippen LogP contribution in [0.3, 0.4) is 0 Å².